The van der Waals surface area contributed by atoms with E-state index in [0.717, 1.165) is 53.6 Å². The number of nitrogens with zero attached hydrogens (tertiary/aromatic N) is 4. The zero-order chi connectivity index (χ0) is 16.0. The highest BCUT2D eigenvalue weighted by Crippen LogP contribution is 2.25. The van der Waals surface area contributed by atoms with Crippen molar-refractivity contribution in [3.8, 4) is 0 Å². The quantitative estimate of drug-likeness (QED) is 0.719. The van der Waals surface area contributed by atoms with Crippen LogP contribution in [0.3, 0.4) is 0 Å². The van der Waals surface area contributed by atoms with Gasteiger partial charge in [-0.3, -0.25) is 9.88 Å². The van der Waals surface area contributed by atoms with Gasteiger partial charge in [-0.05, 0) is 37.6 Å². The molecule has 0 bridgehead atoms. The SMILES string of the molecule is Cc1nc2n(c1C)CCN(Cc1cc(Cl)cc3cccnc13)C2. The molecule has 3 aromatic rings. The number of pyridine rings is 1. The summed E-state index contributed by atoms with van der Waals surface area (Å²) in [5, 5.41) is 1.87. The largest absolute Gasteiger partial charge is 0.330 e. The highest BCUT2D eigenvalue weighted by molar-refractivity contribution is 6.31. The van der Waals surface area contributed by atoms with Crippen LogP contribution >= 0.6 is 11.6 Å². The van der Waals surface area contributed by atoms with Crippen LogP contribution in [0.5, 0.6) is 0 Å². The van der Waals surface area contributed by atoms with Gasteiger partial charge in [0.1, 0.15) is 5.82 Å². The smallest absolute Gasteiger partial charge is 0.123 e. The lowest BCUT2D eigenvalue weighted by molar-refractivity contribution is 0.208. The predicted octanol–water partition coefficient (Wildman–Crippen LogP) is 3.72. The van der Waals surface area contributed by atoms with Crippen LogP contribution in [0.4, 0.5) is 0 Å². The molecule has 0 spiro atoms. The maximum absolute atomic E-state index is 6.28. The van der Waals surface area contributed by atoms with E-state index in [9.17, 15) is 0 Å². The minimum atomic E-state index is 0.769. The van der Waals surface area contributed by atoms with Gasteiger partial charge in [0.25, 0.3) is 0 Å². The van der Waals surface area contributed by atoms with Gasteiger partial charge in [0.05, 0.1) is 17.8 Å². The number of fused-ring (bicyclic) bond motifs is 2. The Kier molecular flexibility index (Phi) is 3.58. The van der Waals surface area contributed by atoms with Crippen LogP contribution in [0.25, 0.3) is 10.9 Å². The number of hydrogen-bond donors (Lipinski definition) is 0. The van der Waals surface area contributed by atoms with E-state index in [4.69, 9.17) is 16.6 Å². The third-order valence-corrected chi connectivity index (χ3v) is 4.90. The summed E-state index contributed by atoms with van der Waals surface area (Å²) in [6.45, 7) is 7.96. The first-order valence-corrected chi connectivity index (χ1v) is 8.28. The molecule has 0 radical (unpaired) electrons. The minimum Gasteiger partial charge on any atom is -0.330 e. The second-order valence-electron chi connectivity index (χ2n) is 6.20. The summed E-state index contributed by atoms with van der Waals surface area (Å²) in [5.41, 5.74) is 4.64. The molecule has 5 heteroatoms. The van der Waals surface area contributed by atoms with E-state index in [0.29, 0.717) is 0 Å². The molecule has 1 aliphatic heterocycles. The minimum absolute atomic E-state index is 0.769. The number of halogens is 1. The van der Waals surface area contributed by atoms with Crippen molar-refractivity contribution in [1.29, 1.82) is 0 Å². The molecular formula is C18H19ClN4. The summed E-state index contributed by atoms with van der Waals surface area (Å²) in [4.78, 5) is 11.7. The van der Waals surface area contributed by atoms with Gasteiger partial charge in [-0.15, -0.1) is 0 Å². The highest BCUT2D eigenvalue weighted by atomic mass is 35.5. The third kappa shape index (κ3) is 2.62. The Bertz CT molecular complexity index is 884. The molecule has 0 fully saturated rings. The van der Waals surface area contributed by atoms with E-state index >= 15 is 0 Å². The van der Waals surface area contributed by atoms with Gasteiger partial charge in [-0.2, -0.15) is 0 Å². The van der Waals surface area contributed by atoms with Gasteiger partial charge in [-0.25, -0.2) is 4.98 Å². The fourth-order valence-electron chi connectivity index (χ4n) is 3.39. The van der Waals surface area contributed by atoms with Crippen molar-refractivity contribution in [2.75, 3.05) is 6.54 Å². The Labute approximate surface area is 140 Å². The van der Waals surface area contributed by atoms with Crippen LogP contribution in [0.15, 0.2) is 30.5 Å². The van der Waals surface area contributed by atoms with Crippen LogP contribution in [0.1, 0.15) is 22.8 Å². The van der Waals surface area contributed by atoms with E-state index in [2.05, 4.69) is 34.4 Å². The zero-order valence-electron chi connectivity index (χ0n) is 13.4. The molecule has 0 amide bonds. The standard InChI is InChI=1S/C18H19ClN4/c1-12-13(2)23-7-6-22(11-17(23)21-12)10-15-9-16(19)8-14-4-3-5-20-18(14)15/h3-5,8-9H,6-7,10-11H2,1-2H3. The third-order valence-electron chi connectivity index (χ3n) is 4.68. The number of aromatic nitrogens is 3. The zero-order valence-corrected chi connectivity index (χ0v) is 14.1. The van der Waals surface area contributed by atoms with Crippen molar-refractivity contribution in [2.45, 2.75) is 33.5 Å². The molecule has 0 atom stereocenters. The van der Waals surface area contributed by atoms with Crippen molar-refractivity contribution >= 4 is 22.5 Å². The molecule has 0 N–H and O–H groups in total. The van der Waals surface area contributed by atoms with Crippen LogP contribution in [-0.2, 0) is 19.6 Å². The molecule has 0 saturated carbocycles. The number of hydrogen-bond acceptors (Lipinski definition) is 3. The van der Waals surface area contributed by atoms with Gasteiger partial charge in [0, 0.05) is 41.9 Å². The Hall–Kier alpha value is -1.91. The van der Waals surface area contributed by atoms with Gasteiger partial charge < -0.3 is 4.57 Å². The van der Waals surface area contributed by atoms with Gasteiger partial charge in [0.15, 0.2) is 0 Å². The van der Waals surface area contributed by atoms with Gasteiger partial charge in [0.2, 0.25) is 0 Å². The van der Waals surface area contributed by atoms with Crippen molar-refractivity contribution in [2.24, 2.45) is 0 Å². The maximum Gasteiger partial charge on any atom is 0.123 e. The molecule has 0 unspecified atom stereocenters. The van der Waals surface area contributed by atoms with E-state index in [1.807, 2.05) is 24.4 Å². The molecule has 0 saturated heterocycles. The summed E-state index contributed by atoms with van der Waals surface area (Å²) in [5.74, 6) is 1.16. The Morgan fingerprint density at radius 3 is 2.96 bits per heavy atom. The average Bonchev–Trinajstić information content (AvgIpc) is 2.81. The average molecular weight is 327 g/mol. The van der Waals surface area contributed by atoms with Gasteiger partial charge >= 0.3 is 0 Å². The molecular weight excluding hydrogens is 308 g/mol. The van der Waals surface area contributed by atoms with Crippen LogP contribution in [0.2, 0.25) is 5.02 Å². The molecule has 23 heavy (non-hydrogen) atoms. The first-order chi connectivity index (χ1) is 11.1. The Balaban J connectivity index is 1.64. The maximum atomic E-state index is 6.28. The molecule has 1 aromatic carbocycles. The number of benzene rings is 1. The van der Waals surface area contributed by atoms with Crippen molar-refractivity contribution in [3.63, 3.8) is 0 Å². The van der Waals surface area contributed by atoms with E-state index < -0.39 is 0 Å². The van der Waals surface area contributed by atoms with Crippen LogP contribution < -0.4 is 0 Å². The molecule has 0 aliphatic carbocycles. The summed E-state index contributed by atoms with van der Waals surface area (Å²) < 4.78 is 2.33. The number of aryl methyl sites for hydroxylation is 1. The normalized spacial score (nSPS) is 15.1. The lowest BCUT2D eigenvalue weighted by Crippen LogP contribution is -2.33. The molecule has 1 aliphatic rings. The summed E-state index contributed by atoms with van der Waals surface area (Å²) in [7, 11) is 0. The van der Waals surface area contributed by atoms with Gasteiger partial charge in [-0.1, -0.05) is 17.7 Å². The number of imidazole rings is 1. The summed E-state index contributed by atoms with van der Waals surface area (Å²) in [6, 6.07) is 8.02. The first kappa shape index (κ1) is 14.7. The summed E-state index contributed by atoms with van der Waals surface area (Å²) >= 11 is 6.28. The molecule has 118 valence electrons. The predicted molar refractivity (Wildman–Crippen MR) is 92.6 cm³/mol. The fraction of sp³-hybridized carbons (Fsp3) is 0.333. The second kappa shape index (κ2) is 5.62. The van der Waals surface area contributed by atoms with Crippen LogP contribution in [-0.4, -0.2) is 26.0 Å². The van der Waals surface area contributed by atoms with E-state index in [1.165, 1.54) is 11.3 Å². The number of rotatable bonds is 2. The van der Waals surface area contributed by atoms with E-state index in [-0.39, 0.29) is 0 Å². The second-order valence-corrected chi connectivity index (χ2v) is 6.64. The lowest BCUT2D eigenvalue weighted by Gasteiger charge is -2.28. The van der Waals surface area contributed by atoms with Crippen LogP contribution in [0, 0.1) is 13.8 Å². The molecule has 2 aromatic heterocycles. The highest BCUT2D eigenvalue weighted by Gasteiger charge is 2.21. The Morgan fingerprint density at radius 2 is 2.09 bits per heavy atom. The molecule has 4 nitrogen and oxygen atoms in total. The van der Waals surface area contributed by atoms with Crippen molar-refractivity contribution < 1.29 is 0 Å². The van der Waals surface area contributed by atoms with Crippen molar-refractivity contribution in [1.82, 2.24) is 19.4 Å². The Morgan fingerprint density at radius 1 is 1.22 bits per heavy atom. The van der Waals surface area contributed by atoms with E-state index in [1.54, 1.807) is 0 Å². The molecule has 3 heterocycles. The topological polar surface area (TPSA) is 34.0 Å². The first-order valence-electron chi connectivity index (χ1n) is 7.90. The fourth-order valence-corrected chi connectivity index (χ4v) is 3.63. The monoisotopic (exact) mass is 326 g/mol. The molecule has 4 rings (SSSR count). The van der Waals surface area contributed by atoms with Crippen molar-refractivity contribution in [3.05, 3.63) is 58.3 Å². The lowest BCUT2D eigenvalue weighted by atomic mass is 10.1. The summed E-state index contributed by atoms with van der Waals surface area (Å²) in [6.07, 6.45) is 1.84.